The lowest BCUT2D eigenvalue weighted by molar-refractivity contribution is -0.113. The van der Waals surface area contributed by atoms with Gasteiger partial charge in [0.2, 0.25) is 11.1 Å². The van der Waals surface area contributed by atoms with Crippen LogP contribution in [0.25, 0.3) is 10.2 Å². The van der Waals surface area contributed by atoms with Crippen LogP contribution in [0.15, 0.2) is 63.3 Å². The lowest BCUT2D eigenvalue weighted by Crippen LogP contribution is -2.17. The van der Waals surface area contributed by atoms with E-state index >= 15 is 0 Å². The number of amides is 1. The third-order valence-electron chi connectivity index (χ3n) is 4.12. The second-order valence-corrected chi connectivity index (χ2v) is 9.20. The molecule has 4 rings (SSSR count). The number of nitrogens with two attached hydrogens (primary N) is 1. The standard InChI is InChI=1S/C19H17BrN8OS2/c1-11(12-6-8-13(20)9-7-12)24-25-17-26-27-19(28(17)21)30-10-16(29)23-18-22-14-4-2-3-5-15(14)31-18/h2-9H,10,21H2,1H3,(H,25,26)(H,22,23,29)/b24-11+. The van der Waals surface area contributed by atoms with Gasteiger partial charge < -0.3 is 11.2 Å². The Morgan fingerprint density at radius 1 is 1.23 bits per heavy atom. The summed E-state index contributed by atoms with van der Waals surface area (Å²) in [6.45, 7) is 1.87. The number of fused-ring (bicyclic) bond motifs is 1. The average molecular weight is 517 g/mol. The molecule has 31 heavy (non-hydrogen) atoms. The fourth-order valence-corrected chi connectivity index (χ4v) is 4.36. The van der Waals surface area contributed by atoms with Crippen molar-refractivity contribution in [3.8, 4) is 0 Å². The van der Waals surface area contributed by atoms with Gasteiger partial charge in [-0.3, -0.25) is 4.79 Å². The molecule has 12 heteroatoms. The molecular formula is C19H17BrN8OS2. The van der Waals surface area contributed by atoms with Gasteiger partial charge in [-0.1, -0.05) is 63.3 Å². The smallest absolute Gasteiger partial charge is 0.264 e. The Hall–Kier alpha value is -2.96. The number of halogens is 1. The van der Waals surface area contributed by atoms with Crippen LogP contribution in [0.4, 0.5) is 11.1 Å². The third-order valence-corrected chi connectivity index (χ3v) is 6.55. The highest BCUT2D eigenvalue weighted by Crippen LogP contribution is 2.26. The first kappa shape index (κ1) is 21.3. The first-order valence-corrected chi connectivity index (χ1v) is 11.6. The minimum absolute atomic E-state index is 0.118. The maximum Gasteiger partial charge on any atom is 0.264 e. The van der Waals surface area contributed by atoms with E-state index in [-0.39, 0.29) is 17.6 Å². The molecular weight excluding hydrogens is 500 g/mol. The Morgan fingerprint density at radius 3 is 2.77 bits per heavy atom. The summed E-state index contributed by atoms with van der Waals surface area (Å²) in [4.78, 5) is 16.7. The summed E-state index contributed by atoms with van der Waals surface area (Å²) in [7, 11) is 0. The van der Waals surface area contributed by atoms with Gasteiger partial charge in [-0.15, -0.1) is 10.2 Å². The van der Waals surface area contributed by atoms with E-state index in [2.05, 4.69) is 47.0 Å². The summed E-state index contributed by atoms with van der Waals surface area (Å²) in [6.07, 6.45) is 0. The van der Waals surface area contributed by atoms with E-state index in [4.69, 9.17) is 5.84 Å². The van der Waals surface area contributed by atoms with Crippen molar-refractivity contribution in [3.63, 3.8) is 0 Å². The zero-order chi connectivity index (χ0) is 21.8. The molecule has 2 heterocycles. The molecule has 0 unspecified atom stereocenters. The molecule has 0 spiro atoms. The SMILES string of the molecule is C/C(=N\Nc1nnc(SCC(=O)Nc2nc3ccccc3s2)n1N)c1ccc(Br)cc1. The van der Waals surface area contributed by atoms with Crippen molar-refractivity contribution < 1.29 is 4.79 Å². The van der Waals surface area contributed by atoms with E-state index in [1.165, 1.54) is 27.8 Å². The Kier molecular flexibility index (Phi) is 6.49. The van der Waals surface area contributed by atoms with Crippen LogP contribution in [-0.2, 0) is 4.79 Å². The molecule has 1 amide bonds. The van der Waals surface area contributed by atoms with Crippen molar-refractivity contribution in [1.29, 1.82) is 0 Å². The number of nitrogens with one attached hydrogen (secondary N) is 2. The van der Waals surface area contributed by atoms with E-state index in [1.54, 1.807) is 0 Å². The van der Waals surface area contributed by atoms with Crippen LogP contribution >= 0.6 is 39.0 Å². The minimum Gasteiger partial charge on any atom is -0.334 e. The predicted molar refractivity (Wildman–Crippen MR) is 129 cm³/mol. The van der Waals surface area contributed by atoms with Crippen LogP contribution in [0, 0.1) is 0 Å². The molecule has 0 bridgehead atoms. The van der Waals surface area contributed by atoms with E-state index in [0.29, 0.717) is 10.3 Å². The van der Waals surface area contributed by atoms with Crippen LogP contribution in [0.5, 0.6) is 0 Å². The number of benzene rings is 2. The van der Waals surface area contributed by atoms with Gasteiger partial charge in [0.25, 0.3) is 5.95 Å². The Morgan fingerprint density at radius 2 is 2.00 bits per heavy atom. The predicted octanol–water partition coefficient (Wildman–Crippen LogP) is 3.93. The van der Waals surface area contributed by atoms with Crippen LogP contribution in [0.3, 0.4) is 0 Å². The van der Waals surface area contributed by atoms with Crippen molar-refractivity contribution in [3.05, 3.63) is 58.6 Å². The third kappa shape index (κ3) is 5.21. The lowest BCUT2D eigenvalue weighted by atomic mass is 10.1. The maximum absolute atomic E-state index is 12.3. The lowest BCUT2D eigenvalue weighted by Gasteiger charge is -2.05. The molecule has 4 aromatic rings. The summed E-state index contributed by atoms with van der Waals surface area (Å²) in [5.41, 5.74) is 5.38. The molecule has 0 saturated carbocycles. The van der Waals surface area contributed by atoms with E-state index in [0.717, 1.165) is 26.0 Å². The number of hydrogen-bond acceptors (Lipinski definition) is 9. The monoisotopic (exact) mass is 516 g/mol. The van der Waals surface area contributed by atoms with Gasteiger partial charge in [-0.05, 0) is 36.8 Å². The highest BCUT2D eigenvalue weighted by atomic mass is 79.9. The van der Waals surface area contributed by atoms with Crippen LogP contribution < -0.4 is 16.6 Å². The second-order valence-electron chi connectivity index (χ2n) is 6.32. The number of thioether (sulfide) groups is 1. The molecule has 0 aliphatic rings. The van der Waals surface area contributed by atoms with Gasteiger partial charge in [0.15, 0.2) is 5.13 Å². The van der Waals surface area contributed by atoms with E-state index in [1.807, 2.05) is 55.5 Å². The number of carbonyl (C=O) groups is 1. The van der Waals surface area contributed by atoms with Gasteiger partial charge in [0.1, 0.15) is 0 Å². The van der Waals surface area contributed by atoms with E-state index < -0.39 is 0 Å². The Labute approximate surface area is 194 Å². The number of rotatable bonds is 7. The van der Waals surface area contributed by atoms with Crippen molar-refractivity contribution in [1.82, 2.24) is 19.9 Å². The molecule has 9 nitrogen and oxygen atoms in total. The van der Waals surface area contributed by atoms with Crippen molar-refractivity contribution >= 4 is 71.9 Å². The zero-order valence-electron chi connectivity index (χ0n) is 16.2. The van der Waals surface area contributed by atoms with Gasteiger partial charge in [0, 0.05) is 4.47 Å². The van der Waals surface area contributed by atoms with Crippen LogP contribution in [0.2, 0.25) is 0 Å². The topological polar surface area (TPSA) is 123 Å². The zero-order valence-corrected chi connectivity index (χ0v) is 19.5. The maximum atomic E-state index is 12.3. The highest BCUT2D eigenvalue weighted by molar-refractivity contribution is 9.10. The highest BCUT2D eigenvalue weighted by Gasteiger charge is 2.13. The number of aromatic nitrogens is 4. The molecule has 0 aliphatic carbocycles. The molecule has 158 valence electrons. The summed E-state index contributed by atoms with van der Waals surface area (Å²) in [5, 5.41) is 16.0. The molecule has 0 fully saturated rings. The Balaban J connectivity index is 1.34. The van der Waals surface area contributed by atoms with Gasteiger partial charge in [-0.25, -0.2) is 15.1 Å². The average Bonchev–Trinajstić information content (AvgIpc) is 3.33. The van der Waals surface area contributed by atoms with Crippen molar-refractivity contribution in [2.75, 3.05) is 22.3 Å². The first-order valence-electron chi connectivity index (χ1n) is 9.04. The number of carbonyl (C=O) groups excluding carboxylic acids is 1. The normalized spacial score (nSPS) is 11.6. The van der Waals surface area contributed by atoms with Crippen LogP contribution in [-0.4, -0.2) is 37.2 Å². The fraction of sp³-hybridized carbons (Fsp3) is 0.105. The molecule has 0 radical (unpaired) electrons. The largest absolute Gasteiger partial charge is 0.334 e. The van der Waals surface area contributed by atoms with Crippen molar-refractivity contribution in [2.45, 2.75) is 12.1 Å². The van der Waals surface area contributed by atoms with Crippen molar-refractivity contribution in [2.24, 2.45) is 5.10 Å². The van der Waals surface area contributed by atoms with E-state index in [9.17, 15) is 4.79 Å². The molecule has 4 N–H and O–H groups in total. The quantitative estimate of drug-likeness (QED) is 0.147. The molecule has 2 aromatic heterocycles. The number of thiazole rings is 1. The number of nitrogen functional groups attached to an aromatic ring is 1. The van der Waals surface area contributed by atoms with Gasteiger partial charge in [0.05, 0.1) is 21.7 Å². The van der Waals surface area contributed by atoms with Gasteiger partial charge >= 0.3 is 0 Å². The summed E-state index contributed by atoms with van der Waals surface area (Å²) >= 11 is 6.00. The number of hydrazone groups is 1. The minimum atomic E-state index is -0.203. The number of hydrogen-bond donors (Lipinski definition) is 3. The Bertz CT molecular complexity index is 1220. The summed E-state index contributed by atoms with van der Waals surface area (Å²) in [5.74, 6) is 6.21. The number of anilines is 2. The fourth-order valence-electron chi connectivity index (χ4n) is 2.55. The summed E-state index contributed by atoms with van der Waals surface area (Å²) in [6, 6.07) is 15.5. The van der Waals surface area contributed by atoms with Gasteiger partial charge in [-0.2, -0.15) is 5.10 Å². The first-order chi connectivity index (χ1) is 15.0. The number of nitrogens with zero attached hydrogens (tertiary/aromatic N) is 5. The summed E-state index contributed by atoms with van der Waals surface area (Å²) < 4.78 is 3.27. The number of para-hydroxylation sites is 1. The molecule has 0 atom stereocenters. The molecule has 2 aromatic carbocycles. The molecule has 0 aliphatic heterocycles. The van der Waals surface area contributed by atoms with Crippen LogP contribution in [0.1, 0.15) is 12.5 Å². The molecule has 0 saturated heterocycles. The second kappa shape index (κ2) is 9.45.